The Morgan fingerprint density at radius 1 is 1.15 bits per heavy atom. The van der Waals surface area contributed by atoms with E-state index in [1.807, 2.05) is 39.0 Å². The summed E-state index contributed by atoms with van der Waals surface area (Å²) in [4.78, 5) is 4.58. The Hall–Kier alpha value is -1.87. The van der Waals surface area contributed by atoms with Gasteiger partial charge in [0.1, 0.15) is 17.3 Å². The Morgan fingerprint density at radius 3 is 2.35 bits per heavy atom. The van der Waals surface area contributed by atoms with Crippen molar-refractivity contribution in [3.05, 3.63) is 52.4 Å². The maximum atomic E-state index is 13.9. The van der Waals surface area contributed by atoms with Crippen molar-refractivity contribution in [2.45, 2.75) is 53.4 Å². The van der Waals surface area contributed by atoms with E-state index in [2.05, 4.69) is 25.8 Å². The molecule has 0 fully saturated rings. The van der Waals surface area contributed by atoms with Gasteiger partial charge in [-0.25, -0.2) is 9.37 Å². The van der Waals surface area contributed by atoms with Crippen LogP contribution >= 0.6 is 11.6 Å². The van der Waals surface area contributed by atoms with Crippen LogP contribution in [0.5, 0.6) is 5.75 Å². The van der Waals surface area contributed by atoms with Gasteiger partial charge >= 0.3 is 0 Å². The SMILES string of the molecule is CCC(C)(C)/C=C/c1nc(-c2ccc(Cl)c(F)c2)cc(C(C)(C)C)c1O. The van der Waals surface area contributed by atoms with Crippen LogP contribution in [0, 0.1) is 11.2 Å². The third-order valence-corrected chi connectivity index (χ3v) is 4.95. The van der Waals surface area contributed by atoms with Gasteiger partial charge in [-0.2, -0.15) is 0 Å². The number of aromatic nitrogens is 1. The van der Waals surface area contributed by atoms with Gasteiger partial charge in [0, 0.05) is 11.1 Å². The Labute approximate surface area is 160 Å². The zero-order valence-electron chi connectivity index (χ0n) is 16.3. The molecule has 0 spiro atoms. The molecule has 1 N–H and O–H groups in total. The van der Waals surface area contributed by atoms with E-state index < -0.39 is 5.82 Å². The fraction of sp³-hybridized carbons (Fsp3) is 0.409. The second-order valence-corrected chi connectivity index (χ2v) is 8.75. The molecule has 0 saturated heterocycles. The van der Waals surface area contributed by atoms with Gasteiger partial charge in [-0.3, -0.25) is 0 Å². The molecule has 1 aromatic carbocycles. The quantitative estimate of drug-likeness (QED) is 0.624. The summed E-state index contributed by atoms with van der Waals surface area (Å²) in [5.74, 6) is -0.320. The molecule has 26 heavy (non-hydrogen) atoms. The highest BCUT2D eigenvalue weighted by molar-refractivity contribution is 6.30. The topological polar surface area (TPSA) is 33.1 Å². The molecule has 0 unspecified atom stereocenters. The molecule has 0 atom stereocenters. The first-order valence-corrected chi connectivity index (χ1v) is 9.21. The van der Waals surface area contributed by atoms with E-state index in [1.54, 1.807) is 6.07 Å². The predicted octanol–water partition coefficient (Wildman–Crippen LogP) is 6.99. The van der Waals surface area contributed by atoms with Gasteiger partial charge in [0.15, 0.2) is 0 Å². The average Bonchev–Trinajstić information content (AvgIpc) is 2.55. The maximum Gasteiger partial charge on any atom is 0.144 e. The number of rotatable bonds is 4. The molecule has 2 nitrogen and oxygen atoms in total. The number of aromatic hydroxyl groups is 1. The van der Waals surface area contributed by atoms with Crippen molar-refractivity contribution >= 4 is 17.7 Å². The van der Waals surface area contributed by atoms with Crippen LogP contribution in [0.25, 0.3) is 17.3 Å². The number of hydrogen-bond acceptors (Lipinski definition) is 2. The van der Waals surface area contributed by atoms with E-state index in [0.717, 1.165) is 12.0 Å². The molecular formula is C22H27ClFNO. The lowest BCUT2D eigenvalue weighted by Gasteiger charge is -2.23. The van der Waals surface area contributed by atoms with E-state index >= 15 is 0 Å². The summed E-state index contributed by atoms with van der Waals surface area (Å²) >= 11 is 5.80. The smallest absolute Gasteiger partial charge is 0.144 e. The van der Waals surface area contributed by atoms with Crippen LogP contribution in [0.15, 0.2) is 30.3 Å². The van der Waals surface area contributed by atoms with Crippen LogP contribution in [0.3, 0.4) is 0 Å². The molecule has 1 heterocycles. The van der Waals surface area contributed by atoms with Crippen LogP contribution in [-0.2, 0) is 5.41 Å². The van der Waals surface area contributed by atoms with Crippen molar-refractivity contribution in [1.29, 1.82) is 0 Å². The van der Waals surface area contributed by atoms with E-state index in [-0.39, 0.29) is 21.6 Å². The Morgan fingerprint density at radius 2 is 1.81 bits per heavy atom. The number of allylic oxidation sites excluding steroid dienone is 1. The first kappa shape index (κ1) is 20.4. The van der Waals surface area contributed by atoms with Crippen LogP contribution in [-0.4, -0.2) is 10.1 Å². The fourth-order valence-electron chi connectivity index (χ4n) is 2.47. The highest BCUT2D eigenvalue weighted by Gasteiger charge is 2.23. The maximum absolute atomic E-state index is 13.9. The molecule has 2 aromatic rings. The number of hydrogen-bond donors (Lipinski definition) is 1. The summed E-state index contributed by atoms with van der Waals surface area (Å²) in [6, 6.07) is 6.45. The lowest BCUT2D eigenvalue weighted by molar-refractivity contribution is 0.442. The monoisotopic (exact) mass is 375 g/mol. The zero-order chi connectivity index (χ0) is 19.7. The standard InChI is InChI=1S/C22H27ClFNO/c1-7-22(5,6)11-10-18-20(26)15(21(2,3)4)13-19(25-18)14-8-9-16(23)17(24)12-14/h8-13,26H,7H2,1-6H3/b11-10+. The van der Waals surface area contributed by atoms with Crippen LogP contribution in [0.2, 0.25) is 5.02 Å². The number of nitrogens with zero attached hydrogens (tertiary/aromatic N) is 1. The molecule has 2 rings (SSSR count). The lowest BCUT2D eigenvalue weighted by atomic mass is 9.84. The van der Waals surface area contributed by atoms with E-state index in [1.165, 1.54) is 12.1 Å². The summed E-state index contributed by atoms with van der Waals surface area (Å²) in [6.45, 7) is 12.5. The second-order valence-electron chi connectivity index (χ2n) is 8.34. The highest BCUT2D eigenvalue weighted by atomic mass is 35.5. The largest absolute Gasteiger partial charge is 0.505 e. The molecule has 0 aliphatic heterocycles. The third kappa shape index (κ3) is 4.64. The summed E-state index contributed by atoms with van der Waals surface area (Å²) < 4.78 is 13.9. The van der Waals surface area contributed by atoms with Crippen LogP contribution in [0.4, 0.5) is 4.39 Å². The molecule has 0 aliphatic rings. The fourth-order valence-corrected chi connectivity index (χ4v) is 2.59. The second kappa shape index (κ2) is 7.40. The number of benzene rings is 1. The average molecular weight is 376 g/mol. The summed E-state index contributed by atoms with van der Waals surface area (Å²) in [5.41, 5.74) is 2.21. The van der Waals surface area contributed by atoms with Gasteiger partial charge in [0.05, 0.1) is 10.7 Å². The summed E-state index contributed by atoms with van der Waals surface area (Å²) in [7, 11) is 0. The summed E-state index contributed by atoms with van der Waals surface area (Å²) in [6.07, 6.45) is 4.87. The zero-order valence-corrected chi connectivity index (χ0v) is 17.1. The molecule has 140 valence electrons. The number of halogens is 2. The predicted molar refractivity (Wildman–Crippen MR) is 108 cm³/mol. The third-order valence-electron chi connectivity index (χ3n) is 4.65. The molecule has 0 radical (unpaired) electrons. The molecule has 0 saturated carbocycles. The van der Waals surface area contributed by atoms with Gasteiger partial charge in [-0.05, 0) is 41.5 Å². The number of pyridine rings is 1. The molecule has 0 aliphatic carbocycles. The molecule has 4 heteroatoms. The normalized spacial score (nSPS) is 12.8. The van der Waals surface area contributed by atoms with Gasteiger partial charge in [-0.1, -0.05) is 65.3 Å². The van der Waals surface area contributed by atoms with Crippen molar-refractivity contribution < 1.29 is 9.50 Å². The minimum Gasteiger partial charge on any atom is -0.505 e. The van der Waals surface area contributed by atoms with Crippen molar-refractivity contribution in [1.82, 2.24) is 4.98 Å². The van der Waals surface area contributed by atoms with Crippen molar-refractivity contribution in [3.63, 3.8) is 0 Å². The minimum atomic E-state index is -0.486. The van der Waals surface area contributed by atoms with E-state index in [4.69, 9.17) is 11.6 Å². The van der Waals surface area contributed by atoms with E-state index in [9.17, 15) is 9.50 Å². The van der Waals surface area contributed by atoms with Crippen molar-refractivity contribution in [2.75, 3.05) is 0 Å². The molecular weight excluding hydrogens is 349 g/mol. The van der Waals surface area contributed by atoms with Crippen LogP contribution in [0.1, 0.15) is 59.2 Å². The minimum absolute atomic E-state index is 0.00159. The van der Waals surface area contributed by atoms with Gasteiger partial charge < -0.3 is 5.11 Å². The Bertz CT molecular complexity index is 835. The Kier molecular flexibility index (Phi) is 5.82. The first-order chi connectivity index (χ1) is 11.9. The van der Waals surface area contributed by atoms with E-state index in [0.29, 0.717) is 17.0 Å². The van der Waals surface area contributed by atoms with Crippen molar-refractivity contribution in [2.24, 2.45) is 5.41 Å². The summed E-state index contributed by atoms with van der Waals surface area (Å²) in [5, 5.41) is 10.8. The lowest BCUT2D eigenvalue weighted by Crippen LogP contribution is -2.13. The van der Waals surface area contributed by atoms with Gasteiger partial charge in [-0.15, -0.1) is 0 Å². The molecule has 1 aromatic heterocycles. The van der Waals surface area contributed by atoms with Gasteiger partial charge in [0.25, 0.3) is 0 Å². The molecule has 0 bridgehead atoms. The highest BCUT2D eigenvalue weighted by Crippen LogP contribution is 2.37. The van der Waals surface area contributed by atoms with Gasteiger partial charge in [0.2, 0.25) is 0 Å². The first-order valence-electron chi connectivity index (χ1n) is 8.84. The molecule has 0 amide bonds. The van der Waals surface area contributed by atoms with Crippen LogP contribution < -0.4 is 0 Å². The Balaban J connectivity index is 2.66. The van der Waals surface area contributed by atoms with Crippen molar-refractivity contribution in [3.8, 4) is 17.0 Å².